The molecule has 1 aromatic heterocycles. The number of carboxylic acid groups (broad SMARTS) is 1. The van der Waals surface area contributed by atoms with Gasteiger partial charge in [0, 0.05) is 5.39 Å². The molecule has 1 fully saturated rings. The van der Waals surface area contributed by atoms with Gasteiger partial charge in [0.2, 0.25) is 5.91 Å². The summed E-state index contributed by atoms with van der Waals surface area (Å²) in [4.78, 5) is 25.4. The summed E-state index contributed by atoms with van der Waals surface area (Å²) in [5, 5.41) is 20.3. The van der Waals surface area contributed by atoms with Crippen LogP contribution in [0.1, 0.15) is 36.3 Å². The molecule has 10 heteroatoms. The SMILES string of the molecule is O=C(O)[C@@H]1[C@@H](c2ccc(-c3cccc4[nH]ncc34)cc2)CCC[C@H]1C(=O)Nc1ccc(C(F)(F)F)cc1F. The van der Waals surface area contributed by atoms with Crippen molar-refractivity contribution in [2.45, 2.75) is 31.4 Å². The predicted octanol–water partition coefficient (Wildman–Crippen LogP) is 6.61. The summed E-state index contributed by atoms with van der Waals surface area (Å²) in [6, 6.07) is 15.1. The lowest BCUT2D eigenvalue weighted by Crippen LogP contribution is -2.40. The summed E-state index contributed by atoms with van der Waals surface area (Å²) in [5.74, 6) is -5.65. The van der Waals surface area contributed by atoms with Gasteiger partial charge >= 0.3 is 12.1 Å². The van der Waals surface area contributed by atoms with Gasteiger partial charge in [0.15, 0.2) is 0 Å². The first kappa shape index (κ1) is 25.4. The number of hydrogen-bond donors (Lipinski definition) is 3. The van der Waals surface area contributed by atoms with Crippen LogP contribution in [0.5, 0.6) is 0 Å². The summed E-state index contributed by atoms with van der Waals surface area (Å²) in [7, 11) is 0. The fourth-order valence-corrected chi connectivity index (χ4v) is 5.36. The second-order valence-electron chi connectivity index (χ2n) is 9.45. The standard InChI is InChI=1S/C28H23F4N3O3/c29-22-13-17(28(30,31)32)11-12-24(22)34-26(36)20-5-1-4-19(25(20)27(37)38)16-9-7-15(8-10-16)18-3-2-6-23-21(18)14-33-35-23/h2-3,6-14,19-20,25H,1,4-5H2,(H,33,35)(H,34,36)(H,37,38)/t19-,20-,25-/m1/s1. The molecule has 1 saturated carbocycles. The second-order valence-corrected chi connectivity index (χ2v) is 9.45. The number of aromatic nitrogens is 2. The van der Waals surface area contributed by atoms with E-state index in [0.717, 1.165) is 33.7 Å². The predicted molar refractivity (Wildman–Crippen MR) is 133 cm³/mol. The van der Waals surface area contributed by atoms with E-state index in [1.807, 2.05) is 42.5 Å². The van der Waals surface area contributed by atoms with Crippen molar-refractivity contribution in [2.24, 2.45) is 11.8 Å². The molecule has 5 rings (SSSR count). The van der Waals surface area contributed by atoms with Gasteiger partial charge < -0.3 is 10.4 Å². The van der Waals surface area contributed by atoms with Crippen molar-refractivity contribution in [3.63, 3.8) is 0 Å². The van der Waals surface area contributed by atoms with Gasteiger partial charge in [-0.3, -0.25) is 14.7 Å². The summed E-state index contributed by atoms with van der Waals surface area (Å²) in [5.41, 5.74) is 1.95. The van der Waals surface area contributed by atoms with E-state index in [4.69, 9.17) is 0 Å². The zero-order valence-electron chi connectivity index (χ0n) is 19.9. The number of fused-ring (bicyclic) bond motifs is 1. The van der Waals surface area contributed by atoms with Crippen LogP contribution >= 0.6 is 0 Å². The number of aromatic amines is 1. The van der Waals surface area contributed by atoms with Gasteiger partial charge in [0.1, 0.15) is 5.82 Å². The van der Waals surface area contributed by atoms with E-state index in [2.05, 4.69) is 15.5 Å². The fraction of sp³-hybridized carbons (Fsp3) is 0.250. The Morgan fingerprint density at radius 1 is 1.03 bits per heavy atom. The molecule has 1 aliphatic rings. The molecule has 0 radical (unpaired) electrons. The summed E-state index contributed by atoms with van der Waals surface area (Å²) < 4.78 is 52.9. The minimum Gasteiger partial charge on any atom is -0.481 e. The van der Waals surface area contributed by atoms with E-state index in [1.165, 1.54) is 0 Å². The van der Waals surface area contributed by atoms with Crippen LogP contribution in [0.25, 0.3) is 22.0 Å². The number of carbonyl (C=O) groups is 2. The first-order valence-corrected chi connectivity index (χ1v) is 12.1. The lowest BCUT2D eigenvalue weighted by Gasteiger charge is -2.35. The number of benzene rings is 3. The van der Waals surface area contributed by atoms with Gasteiger partial charge in [-0.05, 0) is 59.7 Å². The number of nitrogens with one attached hydrogen (secondary N) is 2. The highest BCUT2D eigenvalue weighted by molar-refractivity contribution is 5.96. The molecule has 3 aromatic carbocycles. The lowest BCUT2D eigenvalue weighted by molar-refractivity contribution is -0.148. The Labute approximate surface area is 214 Å². The van der Waals surface area contributed by atoms with Crippen molar-refractivity contribution in [1.82, 2.24) is 10.2 Å². The molecule has 3 N–H and O–H groups in total. The molecule has 6 nitrogen and oxygen atoms in total. The fourth-order valence-electron chi connectivity index (χ4n) is 5.36. The molecular weight excluding hydrogens is 502 g/mol. The van der Waals surface area contributed by atoms with Gasteiger partial charge in [0.25, 0.3) is 0 Å². The number of nitrogens with zero attached hydrogens (tertiary/aromatic N) is 1. The zero-order chi connectivity index (χ0) is 27.0. The maximum absolute atomic E-state index is 14.3. The van der Waals surface area contributed by atoms with Gasteiger partial charge in [-0.1, -0.05) is 42.8 Å². The summed E-state index contributed by atoms with van der Waals surface area (Å²) >= 11 is 0. The molecule has 0 aliphatic heterocycles. The lowest BCUT2D eigenvalue weighted by atomic mass is 9.69. The van der Waals surface area contributed by atoms with Gasteiger partial charge in [-0.15, -0.1) is 0 Å². The largest absolute Gasteiger partial charge is 0.481 e. The molecule has 38 heavy (non-hydrogen) atoms. The van der Waals surface area contributed by atoms with Crippen molar-refractivity contribution < 1.29 is 32.3 Å². The zero-order valence-corrected chi connectivity index (χ0v) is 19.9. The minimum atomic E-state index is -4.73. The van der Waals surface area contributed by atoms with Crippen LogP contribution in [0, 0.1) is 17.7 Å². The van der Waals surface area contributed by atoms with E-state index in [9.17, 15) is 32.3 Å². The topological polar surface area (TPSA) is 95.1 Å². The molecule has 1 amide bonds. The average Bonchev–Trinajstić information content (AvgIpc) is 3.38. The average molecular weight is 526 g/mol. The number of amides is 1. The molecule has 0 saturated heterocycles. The van der Waals surface area contributed by atoms with E-state index in [0.29, 0.717) is 25.0 Å². The Hall–Kier alpha value is -4.21. The maximum Gasteiger partial charge on any atom is 0.416 e. The van der Waals surface area contributed by atoms with Gasteiger partial charge in [-0.25, -0.2) is 4.39 Å². The molecular formula is C28H23F4N3O3. The summed E-state index contributed by atoms with van der Waals surface area (Å²) in [6.45, 7) is 0. The van der Waals surface area contributed by atoms with Crippen molar-refractivity contribution in [1.29, 1.82) is 0 Å². The van der Waals surface area contributed by atoms with Crippen LogP contribution in [0.2, 0.25) is 0 Å². The molecule has 4 aromatic rings. The van der Waals surface area contributed by atoms with Crippen LogP contribution in [0.15, 0.2) is 66.9 Å². The van der Waals surface area contributed by atoms with Crippen molar-refractivity contribution >= 4 is 28.5 Å². The van der Waals surface area contributed by atoms with E-state index in [1.54, 1.807) is 6.20 Å². The highest BCUT2D eigenvalue weighted by Gasteiger charge is 2.43. The number of hydrogen-bond acceptors (Lipinski definition) is 3. The number of aliphatic carboxylic acids is 1. The molecule has 1 aliphatic carbocycles. The van der Waals surface area contributed by atoms with Gasteiger partial charge in [0.05, 0.1) is 34.8 Å². The van der Waals surface area contributed by atoms with Crippen LogP contribution in [-0.4, -0.2) is 27.2 Å². The number of halogens is 4. The van der Waals surface area contributed by atoms with Gasteiger partial charge in [-0.2, -0.15) is 18.3 Å². The van der Waals surface area contributed by atoms with Crippen molar-refractivity contribution in [2.75, 3.05) is 5.32 Å². The van der Waals surface area contributed by atoms with Crippen LogP contribution in [0.4, 0.5) is 23.2 Å². The quantitative estimate of drug-likeness (QED) is 0.256. The minimum absolute atomic E-state index is 0.266. The first-order chi connectivity index (χ1) is 18.1. The summed E-state index contributed by atoms with van der Waals surface area (Å²) in [6.07, 6.45) is -1.61. The number of carboxylic acids is 1. The Bertz CT molecular complexity index is 1500. The molecule has 3 atom stereocenters. The van der Waals surface area contributed by atoms with E-state index >= 15 is 0 Å². The third kappa shape index (κ3) is 4.85. The number of carbonyl (C=O) groups excluding carboxylic acids is 1. The molecule has 0 unspecified atom stereocenters. The third-order valence-corrected chi connectivity index (χ3v) is 7.21. The molecule has 0 spiro atoms. The first-order valence-electron chi connectivity index (χ1n) is 12.1. The number of anilines is 1. The van der Waals surface area contributed by atoms with Crippen LogP contribution < -0.4 is 5.32 Å². The highest BCUT2D eigenvalue weighted by atomic mass is 19.4. The smallest absolute Gasteiger partial charge is 0.416 e. The molecule has 196 valence electrons. The Morgan fingerprint density at radius 2 is 1.79 bits per heavy atom. The number of H-pyrrole nitrogens is 1. The normalized spacial score (nSPS) is 19.8. The third-order valence-electron chi connectivity index (χ3n) is 7.21. The van der Waals surface area contributed by atoms with E-state index in [-0.39, 0.29) is 6.42 Å². The van der Waals surface area contributed by atoms with Crippen LogP contribution in [0.3, 0.4) is 0 Å². The second kappa shape index (κ2) is 9.92. The monoisotopic (exact) mass is 525 g/mol. The molecule has 1 heterocycles. The Morgan fingerprint density at radius 3 is 2.47 bits per heavy atom. The highest BCUT2D eigenvalue weighted by Crippen LogP contribution is 2.43. The molecule has 0 bridgehead atoms. The number of rotatable bonds is 5. The van der Waals surface area contributed by atoms with Crippen LogP contribution in [-0.2, 0) is 15.8 Å². The van der Waals surface area contributed by atoms with E-state index < -0.39 is 52.9 Å². The number of alkyl halides is 3. The Balaban J connectivity index is 1.38. The maximum atomic E-state index is 14.3. The van der Waals surface area contributed by atoms with Crippen molar-refractivity contribution in [3.05, 3.63) is 83.8 Å². The Kier molecular flexibility index (Phi) is 6.64. The van der Waals surface area contributed by atoms with Crippen molar-refractivity contribution in [3.8, 4) is 11.1 Å².